The van der Waals surface area contributed by atoms with E-state index in [1.54, 1.807) is 29.5 Å². The van der Waals surface area contributed by atoms with Crippen LogP contribution in [0.15, 0.2) is 67.4 Å². The Labute approximate surface area is 197 Å². The van der Waals surface area contributed by atoms with Crippen LogP contribution in [-0.2, 0) is 11.2 Å². The molecule has 9 heteroatoms. The minimum Gasteiger partial charge on any atom is -0.350 e. The number of rotatable bonds is 8. The Bertz CT molecular complexity index is 1230. The van der Waals surface area contributed by atoms with Gasteiger partial charge in [0.15, 0.2) is 0 Å². The minimum absolute atomic E-state index is 0.0347. The van der Waals surface area contributed by atoms with Crippen molar-refractivity contribution in [2.24, 2.45) is 0 Å². The third-order valence-corrected chi connectivity index (χ3v) is 5.34. The number of hydrogen-bond acceptors (Lipinski definition) is 6. The normalized spacial score (nSPS) is 11.7. The quantitative estimate of drug-likeness (QED) is 0.399. The number of halogens is 1. The maximum absolute atomic E-state index is 12.6. The van der Waals surface area contributed by atoms with Crippen molar-refractivity contribution in [3.63, 3.8) is 0 Å². The maximum atomic E-state index is 12.6. The fraction of sp³-hybridized carbons (Fsp3) is 0.208. The van der Waals surface area contributed by atoms with Gasteiger partial charge in [-0.3, -0.25) is 9.36 Å². The monoisotopic (exact) mass is 461 g/mol. The number of nitrogens with one attached hydrogen (secondary N) is 2. The van der Waals surface area contributed by atoms with Crippen LogP contribution in [0.3, 0.4) is 0 Å². The van der Waals surface area contributed by atoms with Gasteiger partial charge in [-0.15, -0.1) is 0 Å². The Kier molecular flexibility index (Phi) is 6.95. The average Bonchev–Trinajstić information content (AvgIpc) is 3.34. The summed E-state index contributed by atoms with van der Waals surface area (Å²) in [5.74, 6) is 1.76. The van der Waals surface area contributed by atoms with Gasteiger partial charge in [0.25, 0.3) is 0 Å². The number of pyridine rings is 1. The van der Waals surface area contributed by atoms with Crippen LogP contribution in [0.5, 0.6) is 0 Å². The topological polar surface area (TPSA) is 97.6 Å². The standard InChI is InChI=1S/C24H24ClN7O/c1-16-14-21(31-24(28-16)32-13-12-26-15-32)30-23-19(4-3-11-27-23)7-10-22(33)29-17(2)18-5-8-20(25)9-6-18/h3-6,8-9,11-15,17H,7,10H2,1-2H3,(H,29,33)(H,27,28,30,31). The van der Waals surface area contributed by atoms with Gasteiger partial charge in [-0.05, 0) is 49.6 Å². The zero-order valence-electron chi connectivity index (χ0n) is 18.4. The molecule has 0 aliphatic heterocycles. The Morgan fingerprint density at radius 2 is 1.97 bits per heavy atom. The first-order valence-electron chi connectivity index (χ1n) is 10.6. The minimum atomic E-state index is -0.105. The van der Waals surface area contributed by atoms with Gasteiger partial charge in [-0.1, -0.05) is 29.8 Å². The lowest BCUT2D eigenvalue weighted by Crippen LogP contribution is -2.26. The molecule has 0 saturated carbocycles. The molecule has 0 saturated heterocycles. The van der Waals surface area contributed by atoms with E-state index in [1.807, 2.05) is 56.3 Å². The van der Waals surface area contributed by atoms with Gasteiger partial charge in [-0.2, -0.15) is 4.98 Å². The van der Waals surface area contributed by atoms with Crippen LogP contribution in [0.2, 0.25) is 5.02 Å². The van der Waals surface area contributed by atoms with E-state index in [2.05, 4.69) is 30.6 Å². The number of aromatic nitrogens is 5. The van der Waals surface area contributed by atoms with E-state index < -0.39 is 0 Å². The number of benzene rings is 1. The smallest absolute Gasteiger partial charge is 0.237 e. The Hall–Kier alpha value is -3.78. The van der Waals surface area contributed by atoms with Gasteiger partial charge in [-0.25, -0.2) is 15.0 Å². The second kappa shape index (κ2) is 10.2. The Balaban J connectivity index is 1.42. The maximum Gasteiger partial charge on any atom is 0.237 e. The van der Waals surface area contributed by atoms with Crippen molar-refractivity contribution in [1.82, 2.24) is 29.8 Å². The van der Waals surface area contributed by atoms with Crippen LogP contribution in [0.1, 0.15) is 36.2 Å². The summed E-state index contributed by atoms with van der Waals surface area (Å²) in [5, 5.41) is 6.98. The molecule has 2 N–H and O–H groups in total. The summed E-state index contributed by atoms with van der Waals surface area (Å²) < 4.78 is 1.74. The molecule has 4 aromatic rings. The molecule has 3 heterocycles. The van der Waals surface area contributed by atoms with Crippen LogP contribution in [-0.4, -0.2) is 30.4 Å². The molecule has 1 amide bonds. The van der Waals surface area contributed by atoms with E-state index in [0.717, 1.165) is 16.8 Å². The van der Waals surface area contributed by atoms with Crippen LogP contribution < -0.4 is 10.6 Å². The second-order valence-corrected chi connectivity index (χ2v) is 8.08. The Morgan fingerprint density at radius 3 is 2.73 bits per heavy atom. The number of amides is 1. The van der Waals surface area contributed by atoms with Gasteiger partial charge in [0.1, 0.15) is 18.0 Å². The highest BCUT2D eigenvalue weighted by Crippen LogP contribution is 2.20. The molecule has 1 aromatic carbocycles. The van der Waals surface area contributed by atoms with Gasteiger partial charge in [0, 0.05) is 41.8 Å². The second-order valence-electron chi connectivity index (χ2n) is 7.64. The SMILES string of the molecule is Cc1cc(Nc2ncccc2CCC(=O)NC(C)c2ccc(Cl)cc2)nc(-n2ccnc2)n1. The van der Waals surface area contributed by atoms with Gasteiger partial charge in [0.05, 0.1) is 6.04 Å². The largest absolute Gasteiger partial charge is 0.350 e. The van der Waals surface area contributed by atoms with Crippen LogP contribution >= 0.6 is 11.6 Å². The summed E-state index contributed by atoms with van der Waals surface area (Å²) in [4.78, 5) is 30.1. The zero-order chi connectivity index (χ0) is 23.2. The summed E-state index contributed by atoms with van der Waals surface area (Å²) in [6.45, 7) is 3.85. The third kappa shape index (κ3) is 5.93. The summed E-state index contributed by atoms with van der Waals surface area (Å²) >= 11 is 5.94. The first kappa shape index (κ1) is 22.4. The summed E-state index contributed by atoms with van der Waals surface area (Å²) in [5.41, 5.74) is 2.74. The van der Waals surface area contributed by atoms with Crippen molar-refractivity contribution in [2.45, 2.75) is 32.7 Å². The first-order chi connectivity index (χ1) is 16.0. The van der Waals surface area contributed by atoms with Crippen molar-refractivity contribution in [2.75, 3.05) is 5.32 Å². The molecule has 0 aliphatic carbocycles. The summed E-state index contributed by atoms with van der Waals surface area (Å²) in [7, 11) is 0. The highest BCUT2D eigenvalue weighted by atomic mass is 35.5. The van der Waals surface area contributed by atoms with E-state index in [1.165, 1.54) is 0 Å². The third-order valence-electron chi connectivity index (χ3n) is 5.08. The van der Waals surface area contributed by atoms with Crippen LogP contribution in [0.4, 0.5) is 11.6 Å². The highest BCUT2D eigenvalue weighted by Gasteiger charge is 2.12. The zero-order valence-corrected chi connectivity index (χ0v) is 19.1. The molecule has 1 atom stereocenters. The predicted molar refractivity (Wildman–Crippen MR) is 128 cm³/mol. The molecule has 3 aromatic heterocycles. The van der Waals surface area contributed by atoms with Crippen LogP contribution in [0.25, 0.3) is 5.95 Å². The van der Waals surface area contributed by atoms with E-state index >= 15 is 0 Å². The van der Waals surface area contributed by atoms with Crippen molar-refractivity contribution in [1.29, 1.82) is 0 Å². The molecule has 1 unspecified atom stereocenters. The van der Waals surface area contributed by atoms with Gasteiger partial charge in [0.2, 0.25) is 11.9 Å². The molecular weight excluding hydrogens is 438 g/mol. The predicted octanol–water partition coefficient (Wildman–Crippen LogP) is 4.57. The fourth-order valence-electron chi connectivity index (χ4n) is 3.38. The molecule has 0 fully saturated rings. The molecule has 0 spiro atoms. The van der Waals surface area contributed by atoms with Crippen molar-refractivity contribution < 1.29 is 4.79 Å². The van der Waals surface area contributed by atoms with E-state index in [4.69, 9.17) is 11.6 Å². The van der Waals surface area contributed by atoms with Crippen molar-refractivity contribution >= 4 is 29.1 Å². The lowest BCUT2D eigenvalue weighted by Gasteiger charge is -2.15. The highest BCUT2D eigenvalue weighted by molar-refractivity contribution is 6.30. The number of nitrogens with zero attached hydrogens (tertiary/aromatic N) is 5. The number of hydrogen-bond donors (Lipinski definition) is 2. The van der Waals surface area contributed by atoms with E-state index in [0.29, 0.717) is 35.4 Å². The lowest BCUT2D eigenvalue weighted by atomic mass is 10.1. The number of aryl methyl sites for hydroxylation is 2. The summed E-state index contributed by atoms with van der Waals surface area (Å²) in [6.07, 6.45) is 7.69. The van der Waals surface area contributed by atoms with Crippen molar-refractivity contribution in [3.05, 3.63) is 89.2 Å². The van der Waals surface area contributed by atoms with Gasteiger partial charge < -0.3 is 10.6 Å². The number of anilines is 2. The number of imidazole rings is 1. The first-order valence-corrected chi connectivity index (χ1v) is 11.0. The molecule has 0 radical (unpaired) electrons. The molecule has 168 valence electrons. The molecule has 33 heavy (non-hydrogen) atoms. The fourth-order valence-corrected chi connectivity index (χ4v) is 3.51. The molecule has 0 aliphatic rings. The van der Waals surface area contributed by atoms with Crippen molar-refractivity contribution in [3.8, 4) is 5.95 Å². The summed E-state index contributed by atoms with van der Waals surface area (Å²) in [6, 6.07) is 13.0. The lowest BCUT2D eigenvalue weighted by molar-refractivity contribution is -0.121. The van der Waals surface area contributed by atoms with Crippen LogP contribution in [0, 0.1) is 6.92 Å². The Morgan fingerprint density at radius 1 is 1.15 bits per heavy atom. The van der Waals surface area contributed by atoms with Gasteiger partial charge >= 0.3 is 0 Å². The number of carbonyl (C=O) groups is 1. The van der Waals surface area contributed by atoms with E-state index in [9.17, 15) is 4.79 Å². The number of carbonyl (C=O) groups excluding carboxylic acids is 1. The molecular formula is C24H24ClN7O. The van der Waals surface area contributed by atoms with E-state index in [-0.39, 0.29) is 11.9 Å². The molecule has 8 nitrogen and oxygen atoms in total. The average molecular weight is 462 g/mol. The molecule has 4 rings (SSSR count). The molecule has 0 bridgehead atoms.